The van der Waals surface area contributed by atoms with Gasteiger partial charge in [0.2, 0.25) is 0 Å². The highest BCUT2D eigenvalue weighted by atomic mass is 16.1. The zero-order valence-electron chi connectivity index (χ0n) is 16.1. The fraction of sp³-hybridized carbons (Fsp3) is 0.600. The van der Waals surface area contributed by atoms with Crippen molar-refractivity contribution in [3.8, 4) is 0 Å². The molecule has 0 aromatic heterocycles. The number of piperidine rings is 1. The lowest BCUT2D eigenvalue weighted by molar-refractivity contribution is 0.0954. The van der Waals surface area contributed by atoms with Gasteiger partial charge in [0.05, 0.1) is 0 Å². The van der Waals surface area contributed by atoms with Gasteiger partial charge in [0.1, 0.15) is 0 Å². The van der Waals surface area contributed by atoms with Crippen molar-refractivity contribution in [3.63, 3.8) is 0 Å². The Morgan fingerprint density at radius 1 is 1.12 bits per heavy atom. The van der Waals surface area contributed by atoms with Crippen LogP contribution in [0.15, 0.2) is 35.3 Å². The highest BCUT2D eigenvalue weighted by molar-refractivity contribution is 5.94. The van der Waals surface area contributed by atoms with E-state index in [1.807, 2.05) is 30.3 Å². The Balaban J connectivity index is 1.55. The van der Waals surface area contributed by atoms with Crippen molar-refractivity contribution in [2.24, 2.45) is 4.99 Å². The molecule has 1 aromatic carbocycles. The number of guanidine groups is 1. The van der Waals surface area contributed by atoms with Crippen LogP contribution in [0.4, 0.5) is 0 Å². The predicted molar refractivity (Wildman–Crippen MR) is 108 cm³/mol. The zero-order valence-corrected chi connectivity index (χ0v) is 16.1. The first-order valence-electron chi connectivity index (χ1n) is 9.72. The number of carbonyl (C=O) groups is 1. The molecule has 1 saturated heterocycles. The monoisotopic (exact) mass is 359 g/mol. The third kappa shape index (κ3) is 7.04. The van der Waals surface area contributed by atoms with Crippen molar-refractivity contribution >= 4 is 11.9 Å². The van der Waals surface area contributed by atoms with Gasteiger partial charge < -0.3 is 20.9 Å². The first-order valence-corrected chi connectivity index (χ1v) is 9.72. The Morgan fingerprint density at radius 3 is 2.58 bits per heavy atom. The van der Waals surface area contributed by atoms with Crippen molar-refractivity contribution in [3.05, 3.63) is 35.9 Å². The van der Waals surface area contributed by atoms with Crippen molar-refractivity contribution < 1.29 is 4.79 Å². The summed E-state index contributed by atoms with van der Waals surface area (Å²) in [5.74, 6) is 0.733. The van der Waals surface area contributed by atoms with Crippen molar-refractivity contribution in [1.82, 2.24) is 20.9 Å². The van der Waals surface area contributed by atoms with E-state index in [2.05, 4.69) is 32.8 Å². The molecule has 3 N–H and O–H groups in total. The number of likely N-dealkylation sites (tertiary alicyclic amines) is 1. The molecule has 1 aliphatic rings. The summed E-state index contributed by atoms with van der Waals surface area (Å²) in [6.07, 6.45) is 5.13. The van der Waals surface area contributed by atoms with Gasteiger partial charge in [-0.15, -0.1) is 0 Å². The number of nitrogens with zero attached hydrogens (tertiary/aromatic N) is 2. The lowest BCUT2D eigenvalue weighted by Gasteiger charge is -2.33. The van der Waals surface area contributed by atoms with Crippen molar-refractivity contribution in [2.75, 3.05) is 39.8 Å². The number of nitrogens with one attached hydrogen (secondary N) is 3. The lowest BCUT2D eigenvalue weighted by atomic mass is 10.0. The summed E-state index contributed by atoms with van der Waals surface area (Å²) in [6.45, 7) is 6.80. The average Bonchev–Trinajstić information content (AvgIpc) is 2.68. The normalized spacial score (nSPS) is 18.4. The summed E-state index contributed by atoms with van der Waals surface area (Å²) in [4.78, 5) is 18.8. The van der Waals surface area contributed by atoms with E-state index in [4.69, 9.17) is 0 Å². The van der Waals surface area contributed by atoms with Gasteiger partial charge >= 0.3 is 0 Å². The second kappa shape index (κ2) is 11.5. The smallest absolute Gasteiger partial charge is 0.251 e. The molecule has 1 aliphatic heterocycles. The summed E-state index contributed by atoms with van der Waals surface area (Å²) in [7, 11) is 1.77. The van der Waals surface area contributed by atoms with Gasteiger partial charge in [-0.05, 0) is 44.9 Å². The van der Waals surface area contributed by atoms with Gasteiger partial charge in [-0.2, -0.15) is 0 Å². The summed E-state index contributed by atoms with van der Waals surface area (Å²) in [5, 5.41) is 9.48. The van der Waals surface area contributed by atoms with E-state index in [0.29, 0.717) is 18.7 Å². The molecule has 2 rings (SSSR count). The Bertz CT molecular complexity index is 561. The van der Waals surface area contributed by atoms with Crippen LogP contribution in [0.25, 0.3) is 0 Å². The van der Waals surface area contributed by atoms with Crippen molar-refractivity contribution in [1.29, 1.82) is 0 Å². The number of hydrogen-bond donors (Lipinski definition) is 3. The minimum Gasteiger partial charge on any atom is -0.356 e. The van der Waals surface area contributed by atoms with Crippen molar-refractivity contribution in [2.45, 2.75) is 38.6 Å². The Labute approximate surface area is 157 Å². The maximum atomic E-state index is 12.0. The number of aliphatic imine (C=N–C) groups is 1. The fourth-order valence-electron chi connectivity index (χ4n) is 3.25. The minimum atomic E-state index is -0.0500. The second-order valence-electron chi connectivity index (χ2n) is 6.78. The Morgan fingerprint density at radius 2 is 1.85 bits per heavy atom. The minimum absolute atomic E-state index is 0.0500. The van der Waals surface area contributed by atoms with Gasteiger partial charge in [0, 0.05) is 44.8 Å². The maximum Gasteiger partial charge on any atom is 0.251 e. The number of benzene rings is 1. The maximum absolute atomic E-state index is 12.0. The first-order chi connectivity index (χ1) is 12.7. The van der Waals surface area contributed by atoms with Crippen LogP contribution in [0.5, 0.6) is 0 Å². The van der Waals surface area contributed by atoms with Gasteiger partial charge in [0.25, 0.3) is 5.91 Å². The number of amides is 1. The third-order valence-electron chi connectivity index (χ3n) is 4.82. The molecule has 6 nitrogen and oxygen atoms in total. The van der Waals surface area contributed by atoms with Crippen LogP contribution in [0.2, 0.25) is 0 Å². The number of carbonyl (C=O) groups excluding carboxylic acids is 1. The molecule has 0 saturated carbocycles. The fourth-order valence-corrected chi connectivity index (χ4v) is 3.25. The molecule has 1 atom stereocenters. The molecular weight excluding hydrogens is 326 g/mol. The quantitative estimate of drug-likeness (QED) is 0.376. The average molecular weight is 360 g/mol. The zero-order chi connectivity index (χ0) is 18.6. The molecule has 0 aliphatic carbocycles. The van der Waals surface area contributed by atoms with E-state index >= 15 is 0 Å². The van der Waals surface area contributed by atoms with Gasteiger partial charge in [-0.1, -0.05) is 24.6 Å². The topological polar surface area (TPSA) is 68.8 Å². The molecule has 1 aromatic rings. The van der Waals surface area contributed by atoms with E-state index in [1.165, 1.54) is 25.8 Å². The predicted octanol–water partition coefficient (Wildman–Crippen LogP) is 1.85. The summed E-state index contributed by atoms with van der Waals surface area (Å²) >= 11 is 0. The molecule has 26 heavy (non-hydrogen) atoms. The van der Waals surface area contributed by atoms with E-state index in [-0.39, 0.29) is 5.91 Å². The number of hydrogen-bond acceptors (Lipinski definition) is 3. The molecule has 1 heterocycles. The van der Waals surface area contributed by atoms with E-state index < -0.39 is 0 Å². The number of rotatable bonds is 8. The van der Waals surface area contributed by atoms with Crippen LogP contribution < -0.4 is 16.0 Å². The van der Waals surface area contributed by atoms with E-state index in [1.54, 1.807) is 7.05 Å². The molecule has 1 fully saturated rings. The standard InChI is InChI=1S/C20H33N5O/c1-17-9-6-7-15-25(17)16-8-12-23-20(21-2)24-14-13-22-19(26)18-10-4-3-5-11-18/h3-5,10-11,17H,6-9,12-16H2,1-2H3,(H,22,26)(H2,21,23,24). The summed E-state index contributed by atoms with van der Waals surface area (Å²) in [5.41, 5.74) is 0.682. The first kappa shape index (κ1) is 20.2. The molecule has 0 radical (unpaired) electrons. The summed E-state index contributed by atoms with van der Waals surface area (Å²) < 4.78 is 0. The largest absolute Gasteiger partial charge is 0.356 e. The Kier molecular flexibility index (Phi) is 8.96. The second-order valence-corrected chi connectivity index (χ2v) is 6.78. The van der Waals surface area contributed by atoms with Crippen LogP contribution in [-0.4, -0.2) is 62.6 Å². The van der Waals surface area contributed by atoms with Gasteiger partial charge in [0.15, 0.2) is 5.96 Å². The van der Waals surface area contributed by atoms with Gasteiger partial charge in [-0.3, -0.25) is 9.79 Å². The van der Waals surface area contributed by atoms with Crippen LogP contribution in [0, 0.1) is 0 Å². The Hall–Kier alpha value is -2.08. The van der Waals surface area contributed by atoms with Gasteiger partial charge in [-0.25, -0.2) is 0 Å². The van der Waals surface area contributed by atoms with Crippen LogP contribution >= 0.6 is 0 Å². The SMILES string of the molecule is CN=C(NCCCN1CCCCC1C)NCCNC(=O)c1ccccc1. The van der Waals surface area contributed by atoms with Crippen LogP contribution in [0.1, 0.15) is 43.0 Å². The molecule has 1 amide bonds. The van der Waals surface area contributed by atoms with E-state index in [9.17, 15) is 4.79 Å². The molecule has 1 unspecified atom stereocenters. The van der Waals surface area contributed by atoms with Crippen LogP contribution in [-0.2, 0) is 0 Å². The summed E-state index contributed by atoms with van der Waals surface area (Å²) in [6, 6.07) is 9.97. The molecule has 6 heteroatoms. The molecule has 144 valence electrons. The van der Waals surface area contributed by atoms with Crippen LogP contribution in [0.3, 0.4) is 0 Å². The highest BCUT2D eigenvalue weighted by Crippen LogP contribution is 2.15. The molecular formula is C20H33N5O. The highest BCUT2D eigenvalue weighted by Gasteiger charge is 2.17. The lowest BCUT2D eigenvalue weighted by Crippen LogP contribution is -2.43. The third-order valence-corrected chi connectivity index (χ3v) is 4.82. The van der Waals surface area contributed by atoms with E-state index in [0.717, 1.165) is 31.5 Å². The molecule has 0 bridgehead atoms. The molecule has 0 spiro atoms.